The zero-order chi connectivity index (χ0) is 13.1. The first-order chi connectivity index (χ1) is 8.58. The van der Waals surface area contributed by atoms with E-state index in [2.05, 4.69) is 5.10 Å². The van der Waals surface area contributed by atoms with Crippen molar-refractivity contribution in [2.24, 2.45) is 7.05 Å². The molecule has 96 valence electrons. The van der Waals surface area contributed by atoms with Gasteiger partial charge in [0.2, 0.25) is 0 Å². The van der Waals surface area contributed by atoms with Gasteiger partial charge in [0, 0.05) is 25.5 Å². The maximum Gasteiger partial charge on any atom is 0.304 e. The second-order valence-corrected chi connectivity index (χ2v) is 4.47. The first-order valence-electron chi connectivity index (χ1n) is 5.89. The molecule has 2 rings (SSSR count). The van der Waals surface area contributed by atoms with E-state index in [4.69, 9.17) is 5.11 Å². The van der Waals surface area contributed by atoms with Crippen LogP contribution in [0.25, 0.3) is 10.9 Å². The Morgan fingerprint density at radius 3 is 2.89 bits per heavy atom. The summed E-state index contributed by atoms with van der Waals surface area (Å²) in [6.07, 6.45) is 0.154. The van der Waals surface area contributed by atoms with Gasteiger partial charge in [-0.05, 0) is 13.1 Å². The van der Waals surface area contributed by atoms with Crippen LogP contribution in [0.5, 0.6) is 0 Å². The fourth-order valence-corrected chi connectivity index (χ4v) is 2.03. The molecule has 0 aliphatic carbocycles. The van der Waals surface area contributed by atoms with E-state index < -0.39 is 5.97 Å². The normalized spacial score (nSPS) is 11.3. The number of fused-ring (bicyclic) bond motifs is 1. The molecule has 5 heteroatoms. The Balaban J connectivity index is 2.14. The standard InChI is InChI=1S/C13H17N3O2/c1-15(8-7-13(17)18)9-11-10-5-3-4-6-12(10)16(2)14-11/h3-6H,7-9H2,1-2H3,(H,17,18). The summed E-state index contributed by atoms with van der Waals surface area (Å²) in [6.45, 7) is 1.19. The smallest absolute Gasteiger partial charge is 0.304 e. The molecule has 1 heterocycles. The van der Waals surface area contributed by atoms with Crippen molar-refractivity contribution < 1.29 is 9.90 Å². The van der Waals surface area contributed by atoms with Crippen molar-refractivity contribution in [3.05, 3.63) is 30.0 Å². The lowest BCUT2D eigenvalue weighted by Gasteiger charge is -2.13. The van der Waals surface area contributed by atoms with Crippen LogP contribution in [0.2, 0.25) is 0 Å². The van der Waals surface area contributed by atoms with Crippen LogP contribution in [0.15, 0.2) is 24.3 Å². The Labute approximate surface area is 106 Å². The van der Waals surface area contributed by atoms with Crippen LogP contribution in [0, 0.1) is 0 Å². The highest BCUT2D eigenvalue weighted by molar-refractivity contribution is 5.81. The minimum atomic E-state index is -0.771. The minimum absolute atomic E-state index is 0.154. The Bertz CT molecular complexity index is 562. The number of carbonyl (C=O) groups is 1. The SMILES string of the molecule is CN(CCC(=O)O)Cc1nn(C)c2ccccc12. The van der Waals surface area contributed by atoms with Gasteiger partial charge in [0.1, 0.15) is 0 Å². The van der Waals surface area contributed by atoms with E-state index in [1.807, 2.05) is 47.9 Å². The van der Waals surface area contributed by atoms with Crippen LogP contribution in [0.1, 0.15) is 12.1 Å². The fourth-order valence-electron chi connectivity index (χ4n) is 2.03. The molecule has 0 saturated heterocycles. The predicted molar refractivity (Wildman–Crippen MR) is 69.3 cm³/mol. The molecule has 0 radical (unpaired) electrons. The lowest BCUT2D eigenvalue weighted by molar-refractivity contribution is -0.137. The van der Waals surface area contributed by atoms with Crippen molar-refractivity contribution in [1.82, 2.24) is 14.7 Å². The highest BCUT2D eigenvalue weighted by atomic mass is 16.4. The molecule has 0 saturated carbocycles. The highest BCUT2D eigenvalue weighted by Crippen LogP contribution is 2.18. The van der Waals surface area contributed by atoms with Crippen LogP contribution >= 0.6 is 0 Å². The number of aryl methyl sites for hydroxylation is 1. The summed E-state index contributed by atoms with van der Waals surface area (Å²) >= 11 is 0. The van der Waals surface area contributed by atoms with E-state index in [0.717, 1.165) is 16.6 Å². The van der Waals surface area contributed by atoms with Gasteiger partial charge in [-0.1, -0.05) is 18.2 Å². The third-order valence-electron chi connectivity index (χ3n) is 2.96. The van der Waals surface area contributed by atoms with Crippen molar-refractivity contribution in [3.8, 4) is 0 Å². The fraction of sp³-hybridized carbons (Fsp3) is 0.385. The van der Waals surface area contributed by atoms with Gasteiger partial charge < -0.3 is 5.11 Å². The monoisotopic (exact) mass is 247 g/mol. The van der Waals surface area contributed by atoms with E-state index in [9.17, 15) is 4.79 Å². The van der Waals surface area contributed by atoms with Crippen LogP contribution in [0.4, 0.5) is 0 Å². The van der Waals surface area contributed by atoms with Gasteiger partial charge >= 0.3 is 5.97 Å². The van der Waals surface area contributed by atoms with Crippen molar-refractivity contribution in [2.75, 3.05) is 13.6 Å². The third-order valence-corrected chi connectivity index (χ3v) is 2.96. The number of nitrogens with zero attached hydrogens (tertiary/aromatic N) is 3. The highest BCUT2D eigenvalue weighted by Gasteiger charge is 2.10. The molecule has 5 nitrogen and oxygen atoms in total. The maximum absolute atomic E-state index is 10.5. The Morgan fingerprint density at radius 2 is 2.17 bits per heavy atom. The van der Waals surface area contributed by atoms with Gasteiger partial charge in [-0.15, -0.1) is 0 Å². The average molecular weight is 247 g/mol. The number of aliphatic carboxylic acids is 1. The molecule has 0 atom stereocenters. The number of hydrogen-bond donors (Lipinski definition) is 1. The lowest BCUT2D eigenvalue weighted by atomic mass is 10.2. The number of rotatable bonds is 5. The molecule has 1 aromatic carbocycles. The molecule has 0 spiro atoms. The topological polar surface area (TPSA) is 58.4 Å². The van der Waals surface area contributed by atoms with E-state index in [1.54, 1.807) is 0 Å². The van der Waals surface area contributed by atoms with E-state index in [0.29, 0.717) is 13.1 Å². The molecule has 18 heavy (non-hydrogen) atoms. The average Bonchev–Trinajstić information content (AvgIpc) is 2.65. The molecule has 0 amide bonds. The van der Waals surface area contributed by atoms with Crippen molar-refractivity contribution in [3.63, 3.8) is 0 Å². The predicted octanol–water partition coefficient (Wildman–Crippen LogP) is 1.48. The van der Waals surface area contributed by atoms with Crippen molar-refractivity contribution >= 4 is 16.9 Å². The summed E-state index contributed by atoms with van der Waals surface area (Å²) in [7, 11) is 3.83. The molecular formula is C13H17N3O2. The second-order valence-electron chi connectivity index (χ2n) is 4.47. The third kappa shape index (κ3) is 2.68. The molecule has 0 unspecified atom stereocenters. The number of para-hydroxylation sites is 1. The molecular weight excluding hydrogens is 230 g/mol. The summed E-state index contributed by atoms with van der Waals surface area (Å²) in [5.41, 5.74) is 2.08. The molecule has 1 aromatic heterocycles. The zero-order valence-corrected chi connectivity index (χ0v) is 10.6. The Kier molecular flexibility index (Phi) is 3.62. The number of benzene rings is 1. The summed E-state index contributed by atoms with van der Waals surface area (Å²) in [5, 5.41) is 14.3. The Hall–Kier alpha value is -1.88. The van der Waals surface area contributed by atoms with Gasteiger partial charge in [-0.3, -0.25) is 14.4 Å². The molecule has 0 aliphatic heterocycles. The summed E-state index contributed by atoms with van der Waals surface area (Å²) in [5.74, 6) is -0.771. The first-order valence-corrected chi connectivity index (χ1v) is 5.89. The van der Waals surface area contributed by atoms with Crippen LogP contribution < -0.4 is 0 Å². The largest absolute Gasteiger partial charge is 0.481 e. The maximum atomic E-state index is 10.5. The van der Waals surface area contributed by atoms with Crippen molar-refractivity contribution in [2.45, 2.75) is 13.0 Å². The minimum Gasteiger partial charge on any atom is -0.481 e. The summed E-state index contributed by atoms with van der Waals surface area (Å²) in [4.78, 5) is 12.5. The second kappa shape index (κ2) is 5.18. The van der Waals surface area contributed by atoms with Crippen LogP contribution in [0.3, 0.4) is 0 Å². The first kappa shape index (κ1) is 12.6. The van der Waals surface area contributed by atoms with Gasteiger partial charge in [0.25, 0.3) is 0 Å². The number of hydrogen-bond acceptors (Lipinski definition) is 3. The van der Waals surface area contributed by atoms with Crippen LogP contribution in [-0.4, -0.2) is 39.3 Å². The van der Waals surface area contributed by atoms with Crippen LogP contribution in [-0.2, 0) is 18.4 Å². The van der Waals surface area contributed by atoms with Gasteiger partial charge in [-0.25, -0.2) is 0 Å². The van der Waals surface area contributed by atoms with E-state index >= 15 is 0 Å². The molecule has 1 N–H and O–H groups in total. The van der Waals surface area contributed by atoms with Gasteiger partial charge in [0.05, 0.1) is 17.6 Å². The van der Waals surface area contributed by atoms with Gasteiger partial charge in [0.15, 0.2) is 0 Å². The lowest BCUT2D eigenvalue weighted by Crippen LogP contribution is -2.21. The molecule has 0 bridgehead atoms. The number of aromatic nitrogens is 2. The molecule has 2 aromatic rings. The molecule has 0 fully saturated rings. The molecule has 0 aliphatic rings. The zero-order valence-electron chi connectivity index (χ0n) is 10.6. The quantitative estimate of drug-likeness (QED) is 0.869. The summed E-state index contributed by atoms with van der Waals surface area (Å²) < 4.78 is 1.86. The van der Waals surface area contributed by atoms with E-state index in [1.165, 1.54) is 0 Å². The summed E-state index contributed by atoms with van der Waals surface area (Å²) in [6, 6.07) is 8.05. The van der Waals surface area contributed by atoms with E-state index in [-0.39, 0.29) is 6.42 Å². The number of carboxylic acid groups (broad SMARTS) is 1. The Morgan fingerprint density at radius 1 is 1.44 bits per heavy atom. The van der Waals surface area contributed by atoms with Crippen molar-refractivity contribution in [1.29, 1.82) is 0 Å². The number of carboxylic acids is 1. The van der Waals surface area contributed by atoms with Gasteiger partial charge in [-0.2, -0.15) is 5.10 Å².